The van der Waals surface area contributed by atoms with E-state index in [0.717, 1.165) is 109 Å². The summed E-state index contributed by atoms with van der Waals surface area (Å²) in [6, 6.07) is 0. The molecule has 0 saturated carbocycles. The first-order valence-corrected chi connectivity index (χ1v) is 35.7. The molecule has 0 radical (unpaired) electrons. The zero-order valence-electron chi connectivity index (χ0n) is 54.9. The van der Waals surface area contributed by atoms with E-state index in [9.17, 15) is 14.4 Å². The highest BCUT2D eigenvalue weighted by atomic mass is 16.6. The molecule has 0 aromatic carbocycles. The first kappa shape index (κ1) is 79.3. The summed E-state index contributed by atoms with van der Waals surface area (Å²) in [6.07, 6.45) is 95.8. The third-order valence-corrected chi connectivity index (χ3v) is 15.5. The minimum atomic E-state index is -0.801. The van der Waals surface area contributed by atoms with E-state index in [1.807, 2.05) is 0 Å². The Hall–Kier alpha value is -3.67. The van der Waals surface area contributed by atoms with E-state index in [-0.39, 0.29) is 37.5 Å². The molecule has 0 aliphatic rings. The molecule has 0 fully saturated rings. The van der Waals surface area contributed by atoms with Crippen molar-refractivity contribution >= 4 is 17.9 Å². The second-order valence-electron chi connectivity index (χ2n) is 23.8. The Kier molecular flexibility index (Phi) is 67.7. The molecule has 0 spiro atoms. The van der Waals surface area contributed by atoms with Crippen LogP contribution in [0.2, 0.25) is 0 Å². The lowest BCUT2D eigenvalue weighted by molar-refractivity contribution is -0.167. The standard InChI is InChI=1S/C77H134O6/c1-4-7-10-13-16-19-22-25-28-31-33-34-35-36-37-38-39-40-41-42-44-46-49-52-55-58-61-64-67-70-76(79)82-73-74(72-81-75(78)69-66-63-60-57-54-51-48-45-30-27-24-21-18-15-12-9-6-3)83-77(80)71-68-65-62-59-56-53-50-47-43-32-29-26-23-20-17-14-11-8-5-2/h8,11,17-18,20-21,26-27,29-31,33,43,47,53,56,74H,4-7,9-10,12-16,19,22-25,28,32,34-42,44-46,48-52,54-55,57-73H2,1-3H3/b11-8-,20-17-,21-18-,29-26-,30-27-,33-31-,47-43-,56-53-. The Morgan fingerprint density at radius 2 is 0.470 bits per heavy atom. The molecule has 0 bridgehead atoms. The quantitative estimate of drug-likeness (QED) is 0.0261. The summed E-state index contributed by atoms with van der Waals surface area (Å²) >= 11 is 0. The van der Waals surface area contributed by atoms with Crippen molar-refractivity contribution in [1.82, 2.24) is 0 Å². The van der Waals surface area contributed by atoms with Crippen LogP contribution in [0.3, 0.4) is 0 Å². The monoisotopic (exact) mass is 1160 g/mol. The normalized spacial score (nSPS) is 12.7. The highest BCUT2D eigenvalue weighted by molar-refractivity contribution is 5.71. The molecule has 83 heavy (non-hydrogen) atoms. The third kappa shape index (κ3) is 69.0. The molecule has 0 aliphatic heterocycles. The van der Waals surface area contributed by atoms with E-state index in [1.165, 1.54) is 205 Å². The van der Waals surface area contributed by atoms with Crippen LogP contribution in [0.4, 0.5) is 0 Å². The van der Waals surface area contributed by atoms with Crippen LogP contribution in [0, 0.1) is 0 Å². The average Bonchev–Trinajstić information content (AvgIpc) is 3.49. The highest BCUT2D eigenvalue weighted by Gasteiger charge is 2.19. The van der Waals surface area contributed by atoms with Crippen molar-refractivity contribution in [2.75, 3.05) is 13.2 Å². The summed E-state index contributed by atoms with van der Waals surface area (Å²) in [7, 11) is 0. The van der Waals surface area contributed by atoms with Crippen LogP contribution in [0.1, 0.15) is 355 Å². The van der Waals surface area contributed by atoms with Crippen molar-refractivity contribution in [3.05, 3.63) is 97.2 Å². The predicted molar refractivity (Wildman–Crippen MR) is 362 cm³/mol. The van der Waals surface area contributed by atoms with E-state index >= 15 is 0 Å². The van der Waals surface area contributed by atoms with Gasteiger partial charge in [-0.3, -0.25) is 14.4 Å². The maximum absolute atomic E-state index is 12.9. The van der Waals surface area contributed by atoms with Crippen LogP contribution in [0.25, 0.3) is 0 Å². The average molecular weight is 1160 g/mol. The molecule has 0 heterocycles. The van der Waals surface area contributed by atoms with E-state index in [0.29, 0.717) is 12.8 Å². The van der Waals surface area contributed by atoms with Gasteiger partial charge in [0.25, 0.3) is 0 Å². The lowest BCUT2D eigenvalue weighted by Gasteiger charge is -2.18. The fourth-order valence-electron chi connectivity index (χ4n) is 10.2. The van der Waals surface area contributed by atoms with E-state index in [1.54, 1.807) is 0 Å². The molecule has 0 saturated heterocycles. The number of allylic oxidation sites excluding steroid dienone is 16. The molecule has 1 unspecified atom stereocenters. The van der Waals surface area contributed by atoms with Crippen molar-refractivity contribution < 1.29 is 28.6 Å². The van der Waals surface area contributed by atoms with Crippen LogP contribution >= 0.6 is 0 Å². The summed E-state index contributed by atoms with van der Waals surface area (Å²) in [6.45, 7) is 6.51. The third-order valence-electron chi connectivity index (χ3n) is 15.5. The van der Waals surface area contributed by atoms with Gasteiger partial charge in [0.05, 0.1) is 0 Å². The summed E-state index contributed by atoms with van der Waals surface area (Å²) < 4.78 is 17.0. The van der Waals surface area contributed by atoms with Crippen molar-refractivity contribution in [1.29, 1.82) is 0 Å². The summed E-state index contributed by atoms with van der Waals surface area (Å²) in [5.74, 6) is -0.917. The predicted octanol–water partition coefficient (Wildman–Crippen LogP) is 24.8. The molecule has 6 nitrogen and oxygen atoms in total. The minimum Gasteiger partial charge on any atom is -0.462 e. The summed E-state index contributed by atoms with van der Waals surface area (Å²) in [5, 5.41) is 0. The molecular formula is C77H134O6. The topological polar surface area (TPSA) is 78.9 Å². The van der Waals surface area contributed by atoms with Crippen molar-refractivity contribution in [3.63, 3.8) is 0 Å². The Morgan fingerprint density at radius 3 is 0.783 bits per heavy atom. The zero-order valence-corrected chi connectivity index (χ0v) is 54.9. The number of ether oxygens (including phenoxy) is 3. The number of hydrogen-bond acceptors (Lipinski definition) is 6. The molecule has 478 valence electrons. The Bertz CT molecular complexity index is 1610. The van der Waals surface area contributed by atoms with Gasteiger partial charge in [0.1, 0.15) is 13.2 Å². The Morgan fingerprint density at radius 1 is 0.253 bits per heavy atom. The lowest BCUT2D eigenvalue weighted by Crippen LogP contribution is -2.30. The molecule has 0 aliphatic carbocycles. The van der Waals surface area contributed by atoms with Gasteiger partial charge < -0.3 is 14.2 Å². The Balaban J connectivity index is 4.32. The summed E-state index contributed by atoms with van der Waals surface area (Å²) in [4.78, 5) is 38.5. The number of hydrogen-bond donors (Lipinski definition) is 0. The Labute approximate surface area is 515 Å². The van der Waals surface area contributed by atoms with Crippen molar-refractivity contribution in [3.8, 4) is 0 Å². The highest BCUT2D eigenvalue weighted by Crippen LogP contribution is 2.17. The molecule has 0 aromatic rings. The van der Waals surface area contributed by atoms with Gasteiger partial charge in [0, 0.05) is 19.3 Å². The van der Waals surface area contributed by atoms with Crippen molar-refractivity contribution in [2.24, 2.45) is 0 Å². The van der Waals surface area contributed by atoms with E-state index in [4.69, 9.17) is 14.2 Å². The minimum absolute atomic E-state index is 0.0916. The number of esters is 3. The number of carbonyl (C=O) groups is 3. The molecule has 0 amide bonds. The molecule has 6 heteroatoms. The van der Waals surface area contributed by atoms with Gasteiger partial charge in [-0.1, -0.05) is 311 Å². The van der Waals surface area contributed by atoms with Gasteiger partial charge in [0.15, 0.2) is 6.10 Å². The first-order valence-electron chi connectivity index (χ1n) is 35.7. The van der Waals surface area contributed by atoms with Crippen LogP contribution in [-0.4, -0.2) is 37.2 Å². The largest absolute Gasteiger partial charge is 0.462 e. The van der Waals surface area contributed by atoms with Crippen LogP contribution in [-0.2, 0) is 28.6 Å². The van der Waals surface area contributed by atoms with Gasteiger partial charge in [0.2, 0.25) is 0 Å². The molecule has 0 N–H and O–H groups in total. The number of carbonyl (C=O) groups excluding carboxylic acids is 3. The molecule has 0 rings (SSSR count). The SMILES string of the molecule is CC/C=C\C/C=C\C/C=C\C/C=C\C/C=C\CCCCCC(=O)OC(COC(=O)CCCCCCCCC/C=C\C/C=C\CCCCC)COC(=O)CCCCCCCCCCCCCCCCCCC/C=C\CCCCCCCCCC. The van der Waals surface area contributed by atoms with Crippen LogP contribution in [0.15, 0.2) is 97.2 Å². The second kappa shape index (κ2) is 70.8. The number of rotatable bonds is 65. The maximum Gasteiger partial charge on any atom is 0.306 e. The fourth-order valence-corrected chi connectivity index (χ4v) is 10.2. The maximum atomic E-state index is 12.9. The lowest BCUT2D eigenvalue weighted by atomic mass is 10.0. The molecular weight excluding hydrogens is 1020 g/mol. The fraction of sp³-hybridized carbons (Fsp3) is 0.753. The molecule has 0 aromatic heterocycles. The number of unbranched alkanes of at least 4 members (excludes halogenated alkanes) is 38. The molecule has 1 atom stereocenters. The zero-order chi connectivity index (χ0) is 59.9. The van der Waals surface area contributed by atoms with Gasteiger partial charge >= 0.3 is 17.9 Å². The van der Waals surface area contributed by atoms with E-state index < -0.39 is 6.10 Å². The van der Waals surface area contributed by atoms with Gasteiger partial charge in [-0.25, -0.2) is 0 Å². The van der Waals surface area contributed by atoms with Gasteiger partial charge in [-0.05, 0) is 122 Å². The second-order valence-corrected chi connectivity index (χ2v) is 23.8. The van der Waals surface area contributed by atoms with Gasteiger partial charge in [-0.2, -0.15) is 0 Å². The van der Waals surface area contributed by atoms with Crippen LogP contribution < -0.4 is 0 Å². The summed E-state index contributed by atoms with van der Waals surface area (Å²) in [5.41, 5.74) is 0. The smallest absolute Gasteiger partial charge is 0.306 e. The van der Waals surface area contributed by atoms with Crippen molar-refractivity contribution in [2.45, 2.75) is 361 Å². The van der Waals surface area contributed by atoms with E-state index in [2.05, 4.69) is 118 Å². The van der Waals surface area contributed by atoms with Crippen LogP contribution in [0.5, 0.6) is 0 Å². The first-order chi connectivity index (χ1) is 41.0. The van der Waals surface area contributed by atoms with Gasteiger partial charge in [-0.15, -0.1) is 0 Å².